The summed E-state index contributed by atoms with van der Waals surface area (Å²) in [5, 5.41) is 0.965. The highest BCUT2D eigenvalue weighted by Gasteiger charge is 2.18. The van der Waals surface area contributed by atoms with Gasteiger partial charge in [-0.05, 0) is 52.2 Å². The van der Waals surface area contributed by atoms with E-state index in [4.69, 9.17) is 34.8 Å². The molecule has 2 rings (SSSR count). The van der Waals surface area contributed by atoms with Crippen LogP contribution in [0.1, 0.15) is 21.4 Å². The van der Waals surface area contributed by atoms with Crippen molar-refractivity contribution in [3.8, 4) is 0 Å². The first-order valence-corrected chi connectivity index (χ1v) is 7.64. The van der Waals surface area contributed by atoms with Gasteiger partial charge in [0.25, 0.3) is 0 Å². The maximum Gasteiger partial charge on any atom is 0.0860 e. The third kappa shape index (κ3) is 2.99. The molecule has 1 heterocycles. The van der Waals surface area contributed by atoms with Crippen LogP contribution in [-0.2, 0) is 0 Å². The van der Waals surface area contributed by atoms with Gasteiger partial charge in [0, 0.05) is 14.9 Å². The molecule has 0 nitrogen and oxygen atoms in total. The quantitative estimate of drug-likeness (QED) is 0.533. The minimum absolute atomic E-state index is 0.248. The lowest BCUT2D eigenvalue weighted by Gasteiger charge is -2.11. The Hall–Kier alpha value is 0.270. The molecule has 0 radical (unpaired) electrons. The minimum Gasteiger partial charge on any atom is -0.133 e. The summed E-state index contributed by atoms with van der Waals surface area (Å²) in [6.45, 7) is 2.05. The Balaban J connectivity index is 2.43. The third-order valence-electron chi connectivity index (χ3n) is 2.43. The predicted molar refractivity (Wildman–Crippen MR) is 80.9 cm³/mol. The van der Waals surface area contributed by atoms with Crippen molar-refractivity contribution < 1.29 is 0 Å². The monoisotopic (exact) mass is 368 g/mol. The highest BCUT2D eigenvalue weighted by molar-refractivity contribution is 9.11. The molecule has 0 spiro atoms. The Morgan fingerprint density at radius 3 is 2.41 bits per heavy atom. The zero-order valence-corrected chi connectivity index (χ0v) is 13.5. The van der Waals surface area contributed by atoms with Gasteiger partial charge in [-0.25, -0.2) is 0 Å². The molecule has 5 heteroatoms. The van der Waals surface area contributed by atoms with E-state index in [1.54, 1.807) is 23.5 Å². The van der Waals surface area contributed by atoms with Crippen molar-refractivity contribution in [1.29, 1.82) is 0 Å². The molecule has 0 amide bonds. The number of thiophene rings is 1. The van der Waals surface area contributed by atoms with E-state index in [1.807, 2.05) is 19.1 Å². The largest absolute Gasteiger partial charge is 0.133 e. The molecule has 0 aliphatic rings. The van der Waals surface area contributed by atoms with E-state index in [2.05, 4.69) is 15.9 Å². The Bertz CT molecular complexity index is 551. The molecule has 0 aliphatic carbocycles. The van der Waals surface area contributed by atoms with Crippen molar-refractivity contribution in [2.45, 2.75) is 12.3 Å². The summed E-state index contributed by atoms with van der Waals surface area (Å²) < 4.78 is 1.07. The lowest BCUT2D eigenvalue weighted by atomic mass is 10.1. The first kappa shape index (κ1) is 13.7. The molecule has 1 unspecified atom stereocenters. The Kier molecular flexibility index (Phi) is 4.43. The van der Waals surface area contributed by atoms with Crippen molar-refractivity contribution in [3.63, 3.8) is 0 Å². The van der Waals surface area contributed by atoms with Crippen molar-refractivity contribution in [2.75, 3.05) is 0 Å². The lowest BCUT2D eigenvalue weighted by molar-refractivity contribution is 1.13. The van der Waals surface area contributed by atoms with E-state index in [1.165, 1.54) is 4.88 Å². The summed E-state index contributed by atoms with van der Waals surface area (Å²) in [5.74, 6) is 0. The average molecular weight is 371 g/mol. The number of aryl methyl sites for hydroxylation is 1. The highest BCUT2D eigenvalue weighted by Crippen LogP contribution is 2.40. The Morgan fingerprint density at radius 1 is 1.18 bits per heavy atom. The van der Waals surface area contributed by atoms with Crippen LogP contribution in [0.25, 0.3) is 0 Å². The topological polar surface area (TPSA) is 0 Å². The van der Waals surface area contributed by atoms with E-state index < -0.39 is 0 Å². The molecular formula is C12H8BrCl3S. The summed E-state index contributed by atoms with van der Waals surface area (Å²) in [4.78, 5) is 1.18. The molecule has 0 aliphatic heterocycles. The normalized spacial score (nSPS) is 12.8. The van der Waals surface area contributed by atoms with Crippen LogP contribution >= 0.6 is 62.1 Å². The molecule has 0 saturated carbocycles. The van der Waals surface area contributed by atoms with Gasteiger partial charge in [-0.2, -0.15) is 0 Å². The van der Waals surface area contributed by atoms with Gasteiger partial charge in [-0.3, -0.25) is 0 Å². The third-order valence-corrected chi connectivity index (χ3v) is 5.04. The number of hydrogen-bond donors (Lipinski definition) is 0. The molecule has 0 bridgehead atoms. The van der Waals surface area contributed by atoms with E-state index in [9.17, 15) is 0 Å². The van der Waals surface area contributed by atoms with Crippen molar-refractivity contribution in [1.82, 2.24) is 0 Å². The van der Waals surface area contributed by atoms with Crippen LogP contribution in [0.15, 0.2) is 28.1 Å². The van der Waals surface area contributed by atoms with Gasteiger partial charge < -0.3 is 0 Å². The van der Waals surface area contributed by atoms with Crippen molar-refractivity contribution in [2.24, 2.45) is 0 Å². The maximum absolute atomic E-state index is 6.47. The fourth-order valence-electron chi connectivity index (χ4n) is 1.58. The van der Waals surface area contributed by atoms with E-state index in [0.29, 0.717) is 10.0 Å². The number of benzene rings is 1. The van der Waals surface area contributed by atoms with Crippen molar-refractivity contribution >= 4 is 62.1 Å². The fourth-order valence-corrected chi connectivity index (χ4v) is 4.39. The predicted octanol–water partition coefficient (Wildman–Crippen LogP) is 6.45. The fraction of sp³-hybridized carbons (Fsp3) is 0.167. The molecule has 0 N–H and O–H groups in total. The number of halogens is 4. The Morgan fingerprint density at radius 2 is 1.88 bits per heavy atom. The van der Waals surface area contributed by atoms with Crippen LogP contribution in [0.2, 0.25) is 10.0 Å². The van der Waals surface area contributed by atoms with Gasteiger partial charge in [-0.1, -0.05) is 29.3 Å². The standard InChI is InChI=1S/C12H8BrCl3S/c1-6-9(5-11(13)17-6)12(16)8-3-2-7(14)4-10(8)15/h2-5,12H,1H3. The van der Waals surface area contributed by atoms with Crippen LogP contribution in [0, 0.1) is 6.92 Å². The number of alkyl halides is 1. The van der Waals surface area contributed by atoms with Crippen LogP contribution in [-0.4, -0.2) is 0 Å². The summed E-state index contributed by atoms with van der Waals surface area (Å²) in [7, 11) is 0. The molecular weight excluding hydrogens is 362 g/mol. The van der Waals surface area contributed by atoms with E-state index in [-0.39, 0.29) is 5.38 Å². The first-order chi connectivity index (χ1) is 7.99. The van der Waals surface area contributed by atoms with Crippen LogP contribution in [0.4, 0.5) is 0 Å². The molecule has 1 aromatic carbocycles. The van der Waals surface area contributed by atoms with Gasteiger partial charge in [-0.15, -0.1) is 22.9 Å². The first-order valence-electron chi connectivity index (χ1n) is 4.84. The van der Waals surface area contributed by atoms with E-state index in [0.717, 1.165) is 14.9 Å². The number of rotatable bonds is 2. The SMILES string of the molecule is Cc1sc(Br)cc1C(Cl)c1ccc(Cl)cc1Cl. The summed E-state index contributed by atoms with van der Waals surface area (Å²) in [5.41, 5.74) is 1.96. The molecule has 90 valence electrons. The highest BCUT2D eigenvalue weighted by atomic mass is 79.9. The van der Waals surface area contributed by atoms with Gasteiger partial charge in [0.1, 0.15) is 0 Å². The lowest BCUT2D eigenvalue weighted by Crippen LogP contribution is -1.94. The zero-order chi connectivity index (χ0) is 12.6. The molecule has 0 saturated heterocycles. The zero-order valence-electron chi connectivity index (χ0n) is 8.81. The van der Waals surface area contributed by atoms with Gasteiger partial charge in [0.05, 0.1) is 9.16 Å². The average Bonchev–Trinajstić information content (AvgIpc) is 2.57. The van der Waals surface area contributed by atoms with Crippen LogP contribution in [0.5, 0.6) is 0 Å². The second-order valence-electron chi connectivity index (χ2n) is 3.59. The summed E-state index contributed by atoms with van der Waals surface area (Å²) in [6.07, 6.45) is 0. The molecule has 1 atom stereocenters. The van der Waals surface area contributed by atoms with Crippen LogP contribution in [0.3, 0.4) is 0 Å². The number of hydrogen-bond acceptors (Lipinski definition) is 1. The van der Waals surface area contributed by atoms with Gasteiger partial charge in [0.2, 0.25) is 0 Å². The summed E-state index contributed by atoms with van der Waals surface area (Å²) in [6, 6.07) is 7.41. The second-order valence-corrected chi connectivity index (χ2v) is 7.51. The summed E-state index contributed by atoms with van der Waals surface area (Å²) >= 11 is 23.6. The van der Waals surface area contributed by atoms with Gasteiger partial charge >= 0.3 is 0 Å². The second kappa shape index (κ2) is 5.50. The van der Waals surface area contributed by atoms with Gasteiger partial charge in [0.15, 0.2) is 0 Å². The maximum atomic E-state index is 6.47. The molecule has 0 fully saturated rings. The smallest absolute Gasteiger partial charge is 0.0860 e. The van der Waals surface area contributed by atoms with Crippen LogP contribution < -0.4 is 0 Å². The molecule has 17 heavy (non-hydrogen) atoms. The molecule has 2 aromatic rings. The van der Waals surface area contributed by atoms with Crippen molar-refractivity contribution in [3.05, 3.63) is 54.1 Å². The molecule has 1 aromatic heterocycles. The van der Waals surface area contributed by atoms with E-state index >= 15 is 0 Å². The minimum atomic E-state index is -0.248. The Labute approximate surface area is 128 Å².